The lowest BCUT2D eigenvalue weighted by Crippen LogP contribution is -2.22. The second kappa shape index (κ2) is 5.40. The molecule has 2 atom stereocenters. The fourth-order valence-corrected chi connectivity index (χ4v) is 4.29. The average Bonchev–Trinajstić information content (AvgIpc) is 2.95. The predicted octanol–water partition coefficient (Wildman–Crippen LogP) is 2.90. The molecule has 0 aliphatic heterocycles. The van der Waals surface area contributed by atoms with Gasteiger partial charge in [-0.2, -0.15) is 0 Å². The Morgan fingerprint density at radius 1 is 1.53 bits per heavy atom. The summed E-state index contributed by atoms with van der Waals surface area (Å²) in [7, 11) is 0. The van der Waals surface area contributed by atoms with E-state index in [0.717, 1.165) is 27.2 Å². The number of hydrogen-bond donors (Lipinski definition) is 1. The van der Waals surface area contributed by atoms with E-state index in [1.54, 1.807) is 23.1 Å². The van der Waals surface area contributed by atoms with E-state index in [2.05, 4.69) is 15.5 Å². The number of rotatable bonds is 5. The highest BCUT2D eigenvalue weighted by molar-refractivity contribution is 7.99. The quantitative estimate of drug-likeness (QED) is 0.859. The molecule has 3 rings (SSSR count). The van der Waals surface area contributed by atoms with Crippen LogP contribution in [0.4, 0.5) is 0 Å². The molecule has 2 aromatic heterocycles. The molecule has 0 saturated heterocycles. The first-order valence-corrected chi connectivity index (χ1v) is 8.18. The van der Waals surface area contributed by atoms with Crippen molar-refractivity contribution < 1.29 is 0 Å². The van der Waals surface area contributed by atoms with Crippen molar-refractivity contribution in [3.63, 3.8) is 0 Å². The molecule has 2 heterocycles. The molecule has 0 radical (unpaired) electrons. The van der Waals surface area contributed by atoms with Crippen molar-refractivity contribution in [2.24, 2.45) is 5.73 Å². The van der Waals surface area contributed by atoms with Crippen LogP contribution >= 0.6 is 34.7 Å². The normalized spacial score (nSPS) is 18.5. The Labute approximate surface area is 124 Å². The third-order valence-electron chi connectivity index (χ3n) is 2.94. The van der Waals surface area contributed by atoms with Crippen LogP contribution in [0.1, 0.15) is 35.9 Å². The summed E-state index contributed by atoms with van der Waals surface area (Å²) in [6.45, 7) is 2.00. The predicted molar refractivity (Wildman–Crippen MR) is 77.7 cm³/mol. The van der Waals surface area contributed by atoms with Gasteiger partial charge in [0.15, 0.2) is 0 Å². The van der Waals surface area contributed by atoms with Crippen molar-refractivity contribution in [3.05, 3.63) is 21.3 Å². The number of aromatic nitrogens is 4. The molecule has 102 valence electrons. The summed E-state index contributed by atoms with van der Waals surface area (Å²) in [5, 5.41) is 12.9. The van der Waals surface area contributed by atoms with Gasteiger partial charge in [-0.1, -0.05) is 23.4 Å². The smallest absolute Gasteiger partial charge is 0.210 e. The highest BCUT2D eigenvalue weighted by atomic mass is 35.5. The second-order valence-electron chi connectivity index (χ2n) is 4.68. The lowest BCUT2D eigenvalue weighted by molar-refractivity contribution is 0.563. The standard InChI is InChI=1S/C11H14ClN5S2/c1-6(13)10(8-4-5-9(12)18-8)19-11-14-15-16-17(11)7-2-3-7/h4-7,10H,2-3,13H2,1H3. The van der Waals surface area contributed by atoms with Gasteiger partial charge in [0, 0.05) is 10.9 Å². The van der Waals surface area contributed by atoms with Crippen molar-refractivity contribution in [2.45, 2.75) is 42.3 Å². The number of tetrazole rings is 1. The van der Waals surface area contributed by atoms with Crippen molar-refractivity contribution >= 4 is 34.7 Å². The average molecular weight is 316 g/mol. The third-order valence-corrected chi connectivity index (χ3v) is 5.82. The Hall–Kier alpha value is -0.630. The molecule has 5 nitrogen and oxygen atoms in total. The zero-order valence-electron chi connectivity index (χ0n) is 10.4. The fourth-order valence-electron chi connectivity index (χ4n) is 1.83. The molecule has 2 aromatic rings. The van der Waals surface area contributed by atoms with Gasteiger partial charge in [-0.3, -0.25) is 0 Å². The molecule has 2 N–H and O–H groups in total. The number of hydrogen-bond acceptors (Lipinski definition) is 6. The van der Waals surface area contributed by atoms with Gasteiger partial charge >= 0.3 is 0 Å². The molecule has 2 unspecified atom stereocenters. The molecule has 1 saturated carbocycles. The van der Waals surface area contributed by atoms with Gasteiger partial charge in [0.1, 0.15) is 0 Å². The molecule has 1 aliphatic rings. The van der Waals surface area contributed by atoms with Gasteiger partial charge < -0.3 is 5.73 Å². The molecule has 0 amide bonds. The lowest BCUT2D eigenvalue weighted by atomic mass is 10.2. The Balaban J connectivity index is 1.83. The topological polar surface area (TPSA) is 69.6 Å². The molecule has 0 bridgehead atoms. The summed E-state index contributed by atoms with van der Waals surface area (Å²) in [4.78, 5) is 1.16. The minimum Gasteiger partial charge on any atom is -0.327 e. The molecule has 1 aliphatic carbocycles. The molecule has 0 aromatic carbocycles. The van der Waals surface area contributed by atoms with Crippen molar-refractivity contribution in [3.8, 4) is 0 Å². The van der Waals surface area contributed by atoms with Crippen LogP contribution in [0, 0.1) is 0 Å². The molecular formula is C11H14ClN5S2. The fraction of sp³-hybridized carbons (Fsp3) is 0.545. The number of nitrogens with two attached hydrogens (primary N) is 1. The Morgan fingerprint density at radius 2 is 2.32 bits per heavy atom. The van der Waals surface area contributed by atoms with Gasteiger partial charge in [0.05, 0.1) is 15.6 Å². The summed E-state index contributed by atoms with van der Waals surface area (Å²) in [5.74, 6) is 0. The van der Waals surface area contributed by atoms with Crippen LogP contribution in [-0.2, 0) is 0 Å². The van der Waals surface area contributed by atoms with Gasteiger partial charge in [0.25, 0.3) is 0 Å². The highest BCUT2D eigenvalue weighted by Gasteiger charge is 2.30. The largest absolute Gasteiger partial charge is 0.327 e. The van der Waals surface area contributed by atoms with Crippen LogP contribution in [0.5, 0.6) is 0 Å². The van der Waals surface area contributed by atoms with Gasteiger partial charge in [-0.25, -0.2) is 4.68 Å². The first-order valence-electron chi connectivity index (χ1n) is 6.10. The Bertz CT molecular complexity index is 563. The van der Waals surface area contributed by atoms with Crippen LogP contribution in [0.2, 0.25) is 4.34 Å². The monoisotopic (exact) mass is 315 g/mol. The summed E-state index contributed by atoms with van der Waals surface area (Å²) < 4.78 is 2.69. The van der Waals surface area contributed by atoms with Crippen LogP contribution in [0.25, 0.3) is 0 Å². The lowest BCUT2D eigenvalue weighted by Gasteiger charge is -2.18. The van der Waals surface area contributed by atoms with E-state index in [9.17, 15) is 0 Å². The zero-order chi connectivity index (χ0) is 13.4. The number of halogens is 1. The number of thiophene rings is 1. The molecule has 0 spiro atoms. The molecular weight excluding hydrogens is 302 g/mol. The second-order valence-corrected chi connectivity index (χ2v) is 7.53. The summed E-state index contributed by atoms with van der Waals surface area (Å²) >= 11 is 9.19. The maximum absolute atomic E-state index is 6.10. The molecule has 1 fully saturated rings. The zero-order valence-corrected chi connectivity index (χ0v) is 12.8. The van der Waals surface area contributed by atoms with E-state index in [1.807, 2.05) is 23.7 Å². The van der Waals surface area contributed by atoms with Crippen molar-refractivity contribution in [1.82, 2.24) is 20.2 Å². The summed E-state index contributed by atoms with van der Waals surface area (Å²) in [6.07, 6.45) is 2.32. The summed E-state index contributed by atoms with van der Waals surface area (Å²) in [6, 6.07) is 4.41. The first kappa shape index (κ1) is 13.4. The first-order chi connectivity index (χ1) is 9.15. The maximum Gasteiger partial charge on any atom is 0.210 e. The van der Waals surface area contributed by atoms with E-state index in [-0.39, 0.29) is 11.3 Å². The Kier molecular flexibility index (Phi) is 3.79. The minimum atomic E-state index is 0.00377. The summed E-state index contributed by atoms with van der Waals surface area (Å²) in [5.41, 5.74) is 6.10. The molecule has 19 heavy (non-hydrogen) atoms. The van der Waals surface area contributed by atoms with E-state index in [4.69, 9.17) is 17.3 Å². The van der Waals surface area contributed by atoms with E-state index >= 15 is 0 Å². The van der Waals surface area contributed by atoms with Gasteiger partial charge in [-0.15, -0.1) is 16.4 Å². The van der Waals surface area contributed by atoms with Gasteiger partial charge in [-0.05, 0) is 42.3 Å². The van der Waals surface area contributed by atoms with Crippen LogP contribution in [0.15, 0.2) is 17.3 Å². The highest BCUT2D eigenvalue weighted by Crippen LogP contribution is 2.43. The van der Waals surface area contributed by atoms with Gasteiger partial charge in [0.2, 0.25) is 5.16 Å². The van der Waals surface area contributed by atoms with E-state index in [0.29, 0.717) is 6.04 Å². The number of thioether (sulfide) groups is 1. The van der Waals surface area contributed by atoms with Crippen LogP contribution in [0.3, 0.4) is 0 Å². The molecule has 8 heteroatoms. The Morgan fingerprint density at radius 3 is 2.89 bits per heavy atom. The van der Waals surface area contributed by atoms with Crippen molar-refractivity contribution in [1.29, 1.82) is 0 Å². The van der Waals surface area contributed by atoms with Crippen molar-refractivity contribution in [2.75, 3.05) is 0 Å². The van der Waals surface area contributed by atoms with E-state index in [1.165, 1.54) is 0 Å². The van der Waals surface area contributed by atoms with E-state index < -0.39 is 0 Å². The minimum absolute atomic E-state index is 0.00377. The maximum atomic E-state index is 6.10. The van der Waals surface area contributed by atoms with Crippen LogP contribution < -0.4 is 5.73 Å². The SMILES string of the molecule is CC(N)C(Sc1nnnn1C1CC1)c1ccc(Cl)s1. The van der Waals surface area contributed by atoms with Crippen LogP contribution in [-0.4, -0.2) is 26.2 Å². The number of nitrogens with zero attached hydrogens (tertiary/aromatic N) is 4. The third kappa shape index (κ3) is 2.94.